The number of hydrogen-bond donors (Lipinski definition) is 2. The molecule has 3 aromatic rings. The number of aryl methyl sites for hydroxylation is 2. The standard InChI is InChI=1S/C12H11NO3S2.C9H11NO3S/c1-9-4-6-10(7-5-9)12(14)13-18(15,16)11-3-2-8-17-11;1-7-3-5-8(6-4-7)9(11)10-14(2,12)13/h2-8H,1H3,(H,13,14);3-6H,1-2H3,(H,10,11). The van der Waals surface area contributed by atoms with Crippen molar-refractivity contribution < 1.29 is 26.4 Å². The van der Waals surface area contributed by atoms with Crippen LogP contribution < -0.4 is 9.44 Å². The number of rotatable bonds is 5. The fourth-order valence-electron chi connectivity index (χ4n) is 2.28. The third kappa shape index (κ3) is 7.91. The lowest BCUT2D eigenvalue weighted by Crippen LogP contribution is -2.29. The molecule has 8 nitrogen and oxygen atoms in total. The summed E-state index contributed by atoms with van der Waals surface area (Å²) < 4.78 is 49.2. The van der Waals surface area contributed by atoms with Crippen molar-refractivity contribution in [2.24, 2.45) is 0 Å². The van der Waals surface area contributed by atoms with Crippen molar-refractivity contribution in [3.05, 3.63) is 88.3 Å². The second kappa shape index (κ2) is 10.5. The van der Waals surface area contributed by atoms with E-state index >= 15 is 0 Å². The van der Waals surface area contributed by atoms with E-state index in [1.165, 1.54) is 6.07 Å². The fraction of sp³-hybridized carbons (Fsp3) is 0.143. The van der Waals surface area contributed by atoms with E-state index in [-0.39, 0.29) is 4.21 Å². The van der Waals surface area contributed by atoms with Crippen molar-refractivity contribution in [2.75, 3.05) is 6.26 Å². The molecule has 0 atom stereocenters. The van der Waals surface area contributed by atoms with Gasteiger partial charge in [-0.25, -0.2) is 26.3 Å². The second-order valence-corrected chi connectivity index (χ2v) is 11.4. The highest BCUT2D eigenvalue weighted by Crippen LogP contribution is 2.16. The van der Waals surface area contributed by atoms with E-state index < -0.39 is 31.9 Å². The molecule has 0 unspecified atom stereocenters. The first-order chi connectivity index (χ1) is 14.9. The molecule has 11 heteroatoms. The Kier molecular flexibility index (Phi) is 8.31. The Morgan fingerprint density at radius 2 is 1.16 bits per heavy atom. The van der Waals surface area contributed by atoms with E-state index in [9.17, 15) is 26.4 Å². The first kappa shape index (κ1) is 25.2. The SMILES string of the molecule is Cc1ccc(C(=O)NS(=O)(=O)c2cccs2)cc1.Cc1ccc(C(=O)NS(C)(=O)=O)cc1. The van der Waals surface area contributed by atoms with Gasteiger partial charge in [-0.2, -0.15) is 0 Å². The van der Waals surface area contributed by atoms with Gasteiger partial charge in [-0.3, -0.25) is 9.59 Å². The van der Waals surface area contributed by atoms with Crippen molar-refractivity contribution in [3.63, 3.8) is 0 Å². The van der Waals surface area contributed by atoms with Crippen LogP contribution in [0.4, 0.5) is 0 Å². The summed E-state index contributed by atoms with van der Waals surface area (Å²) in [6, 6.07) is 16.4. The van der Waals surface area contributed by atoms with Crippen LogP contribution in [0.25, 0.3) is 0 Å². The van der Waals surface area contributed by atoms with E-state index in [4.69, 9.17) is 0 Å². The minimum absolute atomic E-state index is 0.128. The number of hydrogen-bond acceptors (Lipinski definition) is 7. The van der Waals surface area contributed by atoms with E-state index in [0.29, 0.717) is 11.1 Å². The molecule has 2 N–H and O–H groups in total. The summed E-state index contributed by atoms with van der Waals surface area (Å²) in [5, 5.41) is 1.64. The topological polar surface area (TPSA) is 126 Å². The Labute approximate surface area is 191 Å². The quantitative estimate of drug-likeness (QED) is 0.562. The van der Waals surface area contributed by atoms with Crippen molar-refractivity contribution in [1.29, 1.82) is 0 Å². The molecule has 0 spiro atoms. The number of thiophene rings is 1. The summed E-state index contributed by atoms with van der Waals surface area (Å²) in [4.78, 5) is 23.1. The summed E-state index contributed by atoms with van der Waals surface area (Å²) in [5.74, 6) is -1.23. The van der Waals surface area contributed by atoms with Crippen molar-refractivity contribution in [2.45, 2.75) is 18.1 Å². The molecule has 2 aromatic carbocycles. The Balaban J connectivity index is 0.000000235. The number of nitrogens with one attached hydrogen (secondary N) is 2. The van der Waals surface area contributed by atoms with Gasteiger partial charge in [-0.05, 0) is 49.6 Å². The molecule has 170 valence electrons. The Morgan fingerprint density at radius 3 is 1.53 bits per heavy atom. The lowest BCUT2D eigenvalue weighted by Gasteiger charge is -2.05. The fourth-order valence-corrected chi connectivity index (χ4v) is 4.71. The third-order valence-corrected chi connectivity index (χ3v) is 7.18. The van der Waals surface area contributed by atoms with Gasteiger partial charge in [0, 0.05) is 11.1 Å². The highest BCUT2D eigenvalue weighted by molar-refractivity contribution is 7.92. The lowest BCUT2D eigenvalue weighted by molar-refractivity contribution is 0.0972. The predicted octanol–water partition coefficient (Wildman–Crippen LogP) is 2.86. The molecule has 0 fully saturated rings. The molecule has 0 radical (unpaired) electrons. The van der Waals surface area contributed by atoms with Gasteiger partial charge in [-0.15, -0.1) is 11.3 Å². The molecular formula is C21H22N2O6S3. The molecule has 3 rings (SSSR count). The first-order valence-corrected chi connectivity index (χ1v) is 13.4. The number of carbonyl (C=O) groups excluding carboxylic acids is 2. The van der Waals surface area contributed by atoms with Gasteiger partial charge in [0.25, 0.3) is 21.8 Å². The number of benzene rings is 2. The van der Waals surface area contributed by atoms with Gasteiger partial charge >= 0.3 is 0 Å². The Morgan fingerprint density at radius 1 is 0.719 bits per heavy atom. The monoisotopic (exact) mass is 494 g/mol. The van der Waals surface area contributed by atoms with Crippen molar-refractivity contribution >= 4 is 43.2 Å². The Hall–Kier alpha value is -3.02. The number of carbonyl (C=O) groups is 2. The van der Waals surface area contributed by atoms with Crippen LogP contribution in [-0.2, 0) is 20.0 Å². The van der Waals surface area contributed by atoms with Crippen LogP contribution >= 0.6 is 11.3 Å². The average molecular weight is 495 g/mol. The maximum Gasteiger partial charge on any atom is 0.273 e. The molecule has 2 amide bonds. The van der Waals surface area contributed by atoms with Crippen LogP contribution in [0.2, 0.25) is 0 Å². The highest BCUT2D eigenvalue weighted by Gasteiger charge is 2.19. The molecule has 0 saturated carbocycles. The smallest absolute Gasteiger partial charge is 0.268 e. The van der Waals surface area contributed by atoms with Gasteiger partial charge in [0.15, 0.2) is 0 Å². The minimum atomic E-state index is -3.76. The van der Waals surface area contributed by atoms with Crippen LogP contribution in [0, 0.1) is 13.8 Å². The van der Waals surface area contributed by atoms with Gasteiger partial charge in [-0.1, -0.05) is 41.5 Å². The summed E-state index contributed by atoms with van der Waals surface area (Å²) in [7, 11) is -7.24. The molecule has 0 aliphatic heterocycles. The third-order valence-electron chi connectivity index (χ3n) is 3.89. The first-order valence-electron chi connectivity index (χ1n) is 9.13. The number of amides is 2. The van der Waals surface area contributed by atoms with Gasteiger partial charge < -0.3 is 0 Å². The Bertz CT molecular complexity index is 1280. The molecule has 1 aromatic heterocycles. The predicted molar refractivity (Wildman–Crippen MR) is 124 cm³/mol. The van der Waals surface area contributed by atoms with Crippen molar-refractivity contribution in [3.8, 4) is 0 Å². The molecule has 1 heterocycles. The normalized spacial score (nSPS) is 11.1. The zero-order valence-electron chi connectivity index (χ0n) is 17.5. The van der Waals surface area contributed by atoms with Crippen LogP contribution in [0.5, 0.6) is 0 Å². The van der Waals surface area contributed by atoms with Crippen LogP contribution in [0.15, 0.2) is 70.3 Å². The lowest BCUT2D eigenvalue weighted by atomic mass is 10.1. The highest BCUT2D eigenvalue weighted by atomic mass is 32.2. The second-order valence-electron chi connectivity index (χ2n) is 6.80. The zero-order chi connectivity index (χ0) is 23.9. The van der Waals surface area contributed by atoms with E-state index in [2.05, 4.69) is 0 Å². The van der Waals surface area contributed by atoms with Crippen LogP contribution in [0.1, 0.15) is 31.8 Å². The largest absolute Gasteiger partial charge is 0.273 e. The van der Waals surface area contributed by atoms with Gasteiger partial charge in [0.2, 0.25) is 10.0 Å². The molecule has 0 saturated heterocycles. The minimum Gasteiger partial charge on any atom is -0.268 e. The number of sulfonamides is 2. The van der Waals surface area contributed by atoms with E-state index in [0.717, 1.165) is 28.7 Å². The molecular weight excluding hydrogens is 472 g/mol. The molecule has 32 heavy (non-hydrogen) atoms. The molecule has 0 aliphatic rings. The average Bonchev–Trinajstić information content (AvgIpc) is 3.24. The van der Waals surface area contributed by atoms with Gasteiger partial charge in [0.05, 0.1) is 6.26 Å². The van der Waals surface area contributed by atoms with Gasteiger partial charge in [0.1, 0.15) is 4.21 Å². The maximum absolute atomic E-state index is 11.8. The van der Waals surface area contributed by atoms with E-state index in [1.54, 1.807) is 60.0 Å². The van der Waals surface area contributed by atoms with E-state index in [1.807, 2.05) is 23.3 Å². The molecule has 0 aliphatic carbocycles. The maximum atomic E-state index is 11.8. The summed E-state index contributed by atoms with van der Waals surface area (Å²) in [6.07, 6.45) is 0.944. The summed E-state index contributed by atoms with van der Waals surface area (Å²) in [5.41, 5.74) is 2.68. The summed E-state index contributed by atoms with van der Waals surface area (Å²) in [6.45, 7) is 3.78. The summed E-state index contributed by atoms with van der Waals surface area (Å²) >= 11 is 1.07. The van der Waals surface area contributed by atoms with Crippen molar-refractivity contribution in [1.82, 2.24) is 9.44 Å². The van der Waals surface area contributed by atoms with Crippen LogP contribution in [-0.4, -0.2) is 34.9 Å². The van der Waals surface area contributed by atoms with Crippen LogP contribution in [0.3, 0.4) is 0 Å². The zero-order valence-corrected chi connectivity index (χ0v) is 20.0. The molecule has 0 bridgehead atoms.